The van der Waals surface area contributed by atoms with Crippen molar-refractivity contribution in [3.63, 3.8) is 0 Å². The van der Waals surface area contributed by atoms with Gasteiger partial charge in [0.25, 0.3) is 0 Å². The number of Topliss-reactive ketones (excluding diaryl/α,β-unsaturated/α-hetero) is 1. The Bertz CT molecular complexity index is 611. The Morgan fingerprint density at radius 1 is 1.32 bits per heavy atom. The van der Waals surface area contributed by atoms with E-state index in [2.05, 4.69) is 4.90 Å². The number of nitrogens with zero attached hydrogens (tertiary/aromatic N) is 1. The van der Waals surface area contributed by atoms with Gasteiger partial charge in [-0.2, -0.15) is 0 Å². The molecule has 1 aliphatic heterocycles. The Hall–Kier alpha value is -2.12. The molecule has 1 heterocycles. The number of aliphatic hydroxyl groups is 1. The largest absolute Gasteiger partial charge is 0.493 e. The number of hydrogen-bond acceptors (Lipinski definition) is 6. The Morgan fingerprint density at radius 2 is 2.00 bits per heavy atom. The van der Waals surface area contributed by atoms with Gasteiger partial charge in [0.1, 0.15) is 12.7 Å². The highest BCUT2D eigenvalue weighted by Crippen LogP contribution is 2.28. The molecule has 25 heavy (non-hydrogen) atoms. The maximum Gasteiger partial charge on any atom is 0.220 e. The van der Waals surface area contributed by atoms with Crippen LogP contribution in [0.4, 0.5) is 0 Å². The van der Waals surface area contributed by atoms with Crippen molar-refractivity contribution < 1.29 is 24.2 Å². The summed E-state index contributed by atoms with van der Waals surface area (Å²) in [6, 6.07) is 4.96. The predicted molar refractivity (Wildman–Crippen MR) is 92.9 cm³/mol. The summed E-state index contributed by atoms with van der Waals surface area (Å²) in [6.45, 7) is 3.55. The number of primary amides is 1. The number of amides is 1. The second-order valence-corrected chi connectivity index (χ2v) is 6.36. The minimum absolute atomic E-state index is 0.0516. The van der Waals surface area contributed by atoms with Crippen molar-refractivity contribution in [3.05, 3.63) is 23.8 Å². The molecule has 0 radical (unpaired) electrons. The number of methoxy groups -OCH3 is 1. The molecule has 1 aliphatic rings. The third-order valence-corrected chi connectivity index (χ3v) is 4.46. The third kappa shape index (κ3) is 5.44. The molecule has 0 bridgehead atoms. The number of piperidine rings is 1. The van der Waals surface area contributed by atoms with Gasteiger partial charge < -0.3 is 25.2 Å². The zero-order valence-corrected chi connectivity index (χ0v) is 14.7. The number of β-amino-alcohol motifs (C(OH)–C–C–N with tert-alkyl or cyclic N) is 1. The maximum absolute atomic E-state index is 11.4. The zero-order chi connectivity index (χ0) is 18.4. The molecule has 1 aromatic rings. The molecule has 1 saturated heterocycles. The quantitative estimate of drug-likeness (QED) is 0.674. The van der Waals surface area contributed by atoms with E-state index < -0.39 is 6.10 Å². The van der Waals surface area contributed by atoms with Crippen LogP contribution in [-0.4, -0.2) is 61.2 Å². The molecule has 1 amide bonds. The van der Waals surface area contributed by atoms with E-state index in [0.29, 0.717) is 23.6 Å². The summed E-state index contributed by atoms with van der Waals surface area (Å²) in [5.74, 6) is 0.587. The summed E-state index contributed by atoms with van der Waals surface area (Å²) in [6.07, 6.45) is 0.786. The van der Waals surface area contributed by atoms with Crippen molar-refractivity contribution in [1.82, 2.24) is 4.90 Å². The van der Waals surface area contributed by atoms with E-state index in [1.807, 2.05) is 0 Å². The minimum Gasteiger partial charge on any atom is -0.493 e. The number of likely N-dealkylation sites (tertiary alicyclic amines) is 1. The number of nitrogens with two attached hydrogens (primary N) is 1. The summed E-state index contributed by atoms with van der Waals surface area (Å²) in [5, 5.41) is 10.2. The fourth-order valence-electron chi connectivity index (χ4n) is 2.94. The van der Waals surface area contributed by atoms with Crippen LogP contribution in [0, 0.1) is 5.92 Å². The lowest BCUT2D eigenvalue weighted by Crippen LogP contribution is -2.43. The fraction of sp³-hybridized carbons (Fsp3) is 0.556. The summed E-state index contributed by atoms with van der Waals surface area (Å²) in [7, 11) is 1.51. The number of benzene rings is 1. The molecule has 138 valence electrons. The standard InChI is InChI=1S/C18H26N2O5/c1-12(21)14-3-4-16(17(9-14)24-2)25-11-15(22)10-20-7-5-13(6-8-20)18(19)23/h3-4,9,13,15,22H,5-8,10-11H2,1-2H3,(H2,19,23). The lowest BCUT2D eigenvalue weighted by molar-refractivity contribution is -0.123. The highest BCUT2D eigenvalue weighted by atomic mass is 16.5. The molecular weight excluding hydrogens is 324 g/mol. The van der Waals surface area contributed by atoms with Crippen molar-refractivity contribution in [2.24, 2.45) is 11.7 Å². The molecule has 0 aliphatic carbocycles. The average molecular weight is 350 g/mol. The van der Waals surface area contributed by atoms with Gasteiger partial charge in [0.15, 0.2) is 17.3 Å². The van der Waals surface area contributed by atoms with Crippen molar-refractivity contribution in [3.8, 4) is 11.5 Å². The van der Waals surface area contributed by atoms with E-state index in [1.165, 1.54) is 14.0 Å². The van der Waals surface area contributed by atoms with Crippen molar-refractivity contribution >= 4 is 11.7 Å². The first kappa shape index (κ1) is 19.2. The van der Waals surface area contributed by atoms with Gasteiger partial charge in [-0.1, -0.05) is 0 Å². The van der Waals surface area contributed by atoms with E-state index in [4.69, 9.17) is 15.2 Å². The van der Waals surface area contributed by atoms with Gasteiger partial charge >= 0.3 is 0 Å². The lowest BCUT2D eigenvalue weighted by Gasteiger charge is -2.31. The molecule has 7 heteroatoms. The Labute approximate surface area is 147 Å². The smallest absolute Gasteiger partial charge is 0.220 e. The van der Waals surface area contributed by atoms with Gasteiger partial charge in [-0.3, -0.25) is 9.59 Å². The van der Waals surface area contributed by atoms with Crippen molar-refractivity contribution in [2.45, 2.75) is 25.9 Å². The number of aliphatic hydroxyl groups excluding tert-OH is 1. The first-order valence-corrected chi connectivity index (χ1v) is 8.42. The number of hydrogen-bond donors (Lipinski definition) is 2. The van der Waals surface area contributed by atoms with Gasteiger partial charge in [0.2, 0.25) is 5.91 Å². The molecule has 1 fully saturated rings. The number of ether oxygens (including phenoxy) is 2. The van der Waals surface area contributed by atoms with E-state index in [1.54, 1.807) is 18.2 Å². The van der Waals surface area contributed by atoms with Crippen LogP contribution in [0.3, 0.4) is 0 Å². The molecule has 1 unspecified atom stereocenters. The van der Waals surface area contributed by atoms with Gasteiger partial charge in [-0.05, 0) is 51.1 Å². The van der Waals surface area contributed by atoms with Gasteiger partial charge in [0, 0.05) is 18.0 Å². The average Bonchev–Trinajstić information content (AvgIpc) is 2.60. The summed E-state index contributed by atoms with van der Waals surface area (Å²) >= 11 is 0. The van der Waals surface area contributed by atoms with E-state index in [0.717, 1.165) is 25.9 Å². The summed E-state index contributed by atoms with van der Waals surface area (Å²) < 4.78 is 10.9. The maximum atomic E-state index is 11.4. The van der Waals surface area contributed by atoms with Crippen LogP contribution >= 0.6 is 0 Å². The normalized spacial score (nSPS) is 17.1. The van der Waals surface area contributed by atoms with Gasteiger partial charge in [0.05, 0.1) is 7.11 Å². The van der Waals surface area contributed by atoms with Crippen LogP contribution in [0.5, 0.6) is 11.5 Å². The highest BCUT2D eigenvalue weighted by molar-refractivity contribution is 5.94. The zero-order valence-electron chi connectivity index (χ0n) is 14.7. The van der Waals surface area contributed by atoms with Crippen LogP contribution in [0.25, 0.3) is 0 Å². The fourth-order valence-corrected chi connectivity index (χ4v) is 2.94. The molecule has 1 atom stereocenters. The highest BCUT2D eigenvalue weighted by Gasteiger charge is 2.24. The second-order valence-electron chi connectivity index (χ2n) is 6.36. The van der Waals surface area contributed by atoms with Crippen LogP contribution in [0.2, 0.25) is 0 Å². The third-order valence-electron chi connectivity index (χ3n) is 4.46. The monoisotopic (exact) mass is 350 g/mol. The Balaban J connectivity index is 1.83. The Morgan fingerprint density at radius 3 is 2.56 bits per heavy atom. The van der Waals surface area contributed by atoms with Crippen LogP contribution in [-0.2, 0) is 4.79 Å². The minimum atomic E-state index is -0.665. The molecule has 0 aromatic heterocycles. The molecule has 3 N–H and O–H groups in total. The number of carbonyl (C=O) groups is 2. The van der Waals surface area contributed by atoms with Crippen molar-refractivity contribution in [1.29, 1.82) is 0 Å². The summed E-state index contributed by atoms with van der Waals surface area (Å²) in [5.41, 5.74) is 5.87. The first-order valence-electron chi connectivity index (χ1n) is 8.42. The predicted octanol–water partition coefficient (Wildman–Crippen LogP) is 0.835. The molecule has 0 saturated carbocycles. The molecule has 0 spiro atoms. The van der Waals surface area contributed by atoms with Crippen LogP contribution in [0.1, 0.15) is 30.1 Å². The van der Waals surface area contributed by atoms with Gasteiger partial charge in [-0.25, -0.2) is 0 Å². The number of carbonyl (C=O) groups excluding carboxylic acids is 2. The van der Waals surface area contributed by atoms with Crippen LogP contribution in [0.15, 0.2) is 18.2 Å². The Kier molecular flexibility index (Phi) is 6.78. The number of rotatable bonds is 8. The second kappa shape index (κ2) is 8.82. The van der Waals surface area contributed by atoms with Gasteiger partial charge in [-0.15, -0.1) is 0 Å². The van der Waals surface area contributed by atoms with E-state index >= 15 is 0 Å². The summed E-state index contributed by atoms with van der Waals surface area (Å²) in [4.78, 5) is 24.7. The van der Waals surface area contributed by atoms with Crippen LogP contribution < -0.4 is 15.2 Å². The van der Waals surface area contributed by atoms with E-state index in [-0.39, 0.29) is 24.2 Å². The number of ketones is 1. The first-order chi connectivity index (χ1) is 11.9. The topological polar surface area (TPSA) is 102 Å². The van der Waals surface area contributed by atoms with E-state index in [9.17, 15) is 14.7 Å². The molecule has 7 nitrogen and oxygen atoms in total. The van der Waals surface area contributed by atoms with Crippen molar-refractivity contribution in [2.75, 3.05) is 33.4 Å². The molecular formula is C18H26N2O5. The molecule has 2 rings (SSSR count). The lowest BCUT2D eigenvalue weighted by atomic mass is 9.96. The SMILES string of the molecule is COc1cc(C(C)=O)ccc1OCC(O)CN1CCC(C(N)=O)CC1. The molecule has 1 aromatic carbocycles.